The van der Waals surface area contributed by atoms with Crippen LogP contribution in [0.4, 0.5) is 5.69 Å². The van der Waals surface area contributed by atoms with Gasteiger partial charge in [0.25, 0.3) is 11.6 Å². The molecule has 0 aliphatic carbocycles. The fourth-order valence-corrected chi connectivity index (χ4v) is 2.50. The number of hydrazine groups is 1. The summed E-state index contributed by atoms with van der Waals surface area (Å²) in [6.45, 7) is 1.67. The lowest BCUT2D eigenvalue weighted by Gasteiger charge is -2.07. The summed E-state index contributed by atoms with van der Waals surface area (Å²) in [6.07, 6.45) is 0. The Balaban J connectivity index is 1.54. The Morgan fingerprint density at radius 3 is 2.45 bits per heavy atom. The van der Waals surface area contributed by atoms with Gasteiger partial charge < -0.3 is 9.15 Å². The zero-order valence-corrected chi connectivity index (χ0v) is 15.4. The standard InChI is InChI=1S/C20H17N3O6/c1-13-11-14(7-9-17(13)23(26)27)19(24)21-22-20(25)18-10-8-16(29-18)12-28-15-5-3-2-4-6-15/h2-11H,12H2,1H3,(H,21,24)(H,22,25). The van der Waals surface area contributed by atoms with Crippen LogP contribution in [-0.4, -0.2) is 16.7 Å². The third-order valence-electron chi connectivity index (χ3n) is 3.95. The first-order valence-corrected chi connectivity index (χ1v) is 8.56. The highest BCUT2D eigenvalue weighted by Crippen LogP contribution is 2.18. The number of rotatable bonds is 6. The molecule has 9 nitrogen and oxygen atoms in total. The molecule has 0 unspecified atom stereocenters. The second-order valence-corrected chi connectivity index (χ2v) is 6.03. The minimum atomic E-state index is -0.650. The van der Waals surface area contributed by atoms with Crippen molar-refractivity contribution >= 4 is 17.5 Å². The molecule has 0 saturated carbocycles. The molecule has 1 heterocycles. The van der Waals surface area contributed by atoms with Crippen molar-refractivity contribution < 1.29 is 23.7 Å². The van der Waals surface area contributed by atoms with Gasteiger partial charge in [-0.05, 0) is 43.3 Å². The highest BCUT2D eigenvalue weighted by atomic mass is 16.6. The van der Waals surface area contributed by atoms with Gasteiger partial charge in [0.1, 0.15) is 18.1 Å². The summed E-state index contributed by atoms with van der Waals surface area (Å²) in [4.78, 5) is 34.6. The van der Waals surface area contributed by atoms with E-state index in [0.717, 1.165) is 0 Å². The van der Waals surface area contributed by atoms with Crippen LogP contribution in [0, 0.1) is 17.0 Å². The Kier molecular flexibility index (Phi) is 5.88. The van der Waals surface area contributed by atoms with Crippen LogP contribution in [0.25, 0.3) is 0 Å². The molecule has 0 atom stereocenters. The number of nitro groups is 1. The zero-order chi connectivity index (χ0) is 20.8. The maximum absolute atomic E-state index is 12.1. The van der Waals surface area contributed by atoms with E-state index in [4.69, 9.17) is 9.15 Å². The van der Waals surface area contributed by atoms with Crippen LogP contribution in [0.2, 0.25) is 0 Å². The van der Waals surface area contributed by atoms with Gasteiger partial charge in [0.15, 0.2) is 5.76 Å². The molecule has 3 rings (SSSR count). The normalized spacial score (nSPS) is 10.2. The molecule has 0 saturated heterocycles. The SMILES string of the molecule is Cc1cc(C(=O)NNC(=O)c2ccc(COc3ccccc3)o2)ccc1[N+](=O)[O-]. The van der Waals surface area contributed by atoms with Gasteiger partial charge in [0.2, 0.25) is 0 Å². The van der Waals surface area contributed by atoms with E-state index in [1.807, 2.05) is 18.2 Å². The molecule has 0 aliphatic heterocycles. The van der Waals surface area contributed by atoms with Crippen LogP contribution < -0.4 is 15.6 Å². The fourth-order valence-electron chi connectivity index (χ4n) is 2.50. The number of hydrogen-bond acceptors (Lipinski definition) is 6. The average Bonchev–Trinajstić information content (AvgIpc) is 3.20. The minimum absolute atomic E-state index is 0.00292. The quantitative estimate of drug-likeness (QED) is 0.488. The lowest BCUT2D eigenvalue weighted by Crippen LogP contribution is -2.41. The number of ether oxygens (including phenoxy) is 1. The van der Waals surface area contributed by atoms with Crippen molar-refractivity contribution in [1.82, 2.24) is 10.9 Å². The van der Waals surface area contributed by atoms with Gasteiger partial charge in [-0.25, -0.2) is 0 Å². The molecule has 2 N–H and O–H groups in total. The molecule has 148 valence electrons. The minimum Gasteiger partial charge on any atom is -0.486 e. The van der Waals surface area contributed by atoms with Gasteiger partial charge in [-0.3, -0.25) is 30.6 Å². The second-order valence-electron chi connectivity index (χ2n) is 6.03. The summed E-state index contributed by atoms with van der Waals surface area (Å²) in [7, 11) is 0. The largest absolute Gasteiger partial charge is 0.486 e. The Morgan fingerprint density at radius 1 is 1.03 bits per heavy atom. The highest BCUT2D eigenvalue weighted by Gasteiger charge is 2.16. The van der Waals surface area contributed by atoms with Crippen LogP contribution in [-0.2, 0) is 6.61 Å². The van der Waals surface area contributed by atoms with E-state index in [2.05, 4.69) is 10.9 Å². The molecule has 0 bridgehead atoms. The number of para-hydroxylation sites is 1. The number of furan rings is 1. The topological polar surface area (TPSA) is 124 Å². The van der Waals surface area contributed by atoms with Gasteiger partial charge in [-0.2, -0.15) is 0 Å². The maximum Gasteiger partial charge on any atom is 0.305 e. The number of benzene rings is 2. The number of carbonyl (C=O) groups excluding carboxylic acids is 2. The third kappa shape index (κ3) is 4.98. The number of hydrogen-bond donors (Lipinski definition) is 2. The number of carbonyl (C=O) groups is 2. The summed E-state index contributed by atoms with van der Waals surface area (Å²) in [5.41, 5.74) is 4.89. The molecule has 3 aromatic rings. The first kappa shape index (κ1) is 19.6. The van der Waals surface area contributed by atoms with E-state index in [1.165, 1.54) is 31.2 Å². The monoisotopic (exact) mass is 395 g/mol. The lowest BCUT2D eigenvalue weighted by molar-refractivity contribution is -0.385. The van der Waals surface area contributed by atoms with Crippen molar-refractivity contribution in [3.8, 4) is 5.75 Å². The van der Waals surface area contributed by atoms with Crippen LogP contribution in [0.3, 0.4) is 0 Å². The predicted octanol–water partition coefficient (Wildman–Crippen LogP) is 3.15. The number of aryl methyl sites for hydroxylation is 1. The first-order chi connectivity index (χ1) is 13.9. The molecule has 9 heteroatoms. The van der Waals surface area contributed by atoms with Crippen molar-refractivity contribution in [2.45, 2.75) is 13.5 Å². The van der Waals surface area contributed by atoms with Crippen molar-refractivity contribution in [1.29, 1.82) is 0 Å². The molecule has 29 heavy (non-hydrogen) atoms. The van der Waals surface area contributed by atoms with E-state index >= 15 is 0 Å². The maximum atomic E-state index is 12.1. The summed E-state index contributed by atoms with van der Waals surface area (Å²) >= 11 is 0. The lowest BCUT2D eigenvalue weighted by atomic mass is 10.1. The van der Waals surface area contributed by atoms with Crippen LogP contribution >= 0.6 is 0 Å². The molecule has 2 amide bonds. The Morgan fingerprint density at radius 2 is 1.76 bits per heavy atom. The highest BCUT2D eigenvalue weighted by molar-refractivity contribution is 5.98. The van der Waals surface area contributed by atoms with E-state index in [0.29, 0.717) is 17.1 Å². The molecule has 1 aromatic heterocycles. The van der Waals surface area contributed by atoms with Crippen molar-refractivity contribution in [3.05, 3.63) is 93.4 Å². The third-order valence-corrected chi connectivity index (χ3v) is 3.95. The summed E-state index contributed by atoms with van der Waals surface area (Å²) < 4.78 is 10.9. The van der Waals surface area contributed by atoms with E-state index in [-0.39, 0.29) is 23.6 Å². The van der Waals surface area contributed by atoms with Crippen molar-refractivity contribution in [3.63, 3.8) is 0 Å². The molecular formula is C20H17N3O6. The molecule has 0 fully saturated rings. The molecule has 0 aliphatic rings. The predicted molar refractivity (Wildman–Crippen MR) is 102 cm³/mol. The van der Waals surface area contributed by atoms with E-state index < -0.39 is 16.7 Å². The Labute approximate surface area is 165 Å². The van der Waals surface area contributed by atoms with Gasteiger partial charge in [0.05, 0.1) is 4.92 Å². The smallest absolute Gasteiger partial charge is 0.305 e. The fraction of sp³-hybridized carbons (Fsp3) is 0.100. The average molecular weight is 395 g/mol. The molecule has 0 radical (unpaired) electrons. The molecular weight excluding hydrogens is 378 g/mol. The van der Waals surface area contributed by atoms with Crippen LogP contribution in [0.1, 0.15) is 32.2 Å². The van der Waals surface area contributed by atoms with E-state index in [1.54, 1.807) is 18.2 Å². The van der Waals surface area contributed by atoms with Crippen molar-refractivity contribution in [2.75, 3.05) is 0 Å². The number of nitrogens with one attached hydrogen (secondary N) is 2. The second kappa shape index (κ2) is 8.70. The van der Waals surface area contributed by atoms with Crippen molar-refractivity contribution in [2.24, 2.45) is 0 Å². The van der Waals surface area contributed by atoms with Gasteiger partial charge in [-0.15, -0.1) is 0 Å². The molecule has 2 aromatic carbocycles. The summed E-state index contributed by atoms with van der Waals surface area (Å²) in [6, 6.07) is 16.1. The zero-order valence-electron chi connectivity index (χ0n) is 15.4. The van der Waals surface area contributed by atoms with Crippen LogP contribution in [0.15, 0.2) is 65.1 Å². The number of nitro benzene ring substituents is 1. The van der Waals surface area contributed by atoms with Gasteiger partial charge in [0, 0.05) is 17.2 Å². The van der Waals surface area contributed by atoms with Gasteiger partial charge in [-0.1, -0.05) is 18.2 Å². The van der Waals surface area contributed by atoms with Crippen LogP contribution in [0.5, 0.6) is 5.75 Å². The molecule has 0 spiro atoms. The Hall–Kier alpha value is -4.14. The Bertz CT molecular complexity index is 1050. The van der Waals surface area contributed by atoms with E-state index in [9.17, 15) is 19.7 Å². The number of nitrogens with zero attached hydrogens (tertiary/aromatic N) is 1. The summed E-state index contributed by atoms with van der Waals surface area (Å²) in [5.74, 6) is -0.160. The van der Waals surface area contributed by atoms with Gasteiger partial charge >= 0.3 is 5.91 Å². The summed E-state index contributed by atoms with van der Waals surface area (Å²) in [5, 5.41) is 10.8. The first-order valence-electron chi connectivity index (χ1n) is 8.56. The number of amides is 2.